The van der Waals surface area contributed by atoms with Gasteiger partial charge in [-0.1, -0.05) is 44.5 Å². The van der Waals surface area contributed by atoms with Gasteiger partial charge >= 0.3 is 0 Å². The van der Waals surface area contributed by atoms with Crippen molar-refractivity contribution in [3.8, 4) is 11.1 Å². The van der Waals surface area contributed by atoms with E-state index < -0.39 is 0 Å². The summed E-state index contributed by atoms with van der Waals surface area (Å²) >= 11 is 0. The molecule has 2 N–H and O–H groups in total. The van der Waals surface area contributed by atoms with Crippen molar-refractivity contribution in [1.82, 2.24) is 9.78 Å². The molecule has 1 aliphatic rings. The van der Waals surface area contributed by atoms with Crippen molar-refractivity contribution in [2.24, 2.45) is 7.05 Å². The molecule has 0 amide bonds. The SMILES string of the molecule is CC(C)c1ccc(-c2c(C3CCC3)nn(C)c2N)cc1. The van der Waals surface area contributed by atoms with Crippen LogP contribution in [-0.4, -0.2) is 9.78 Å². The minimum atomic E-state index is 0.557. The van der Waals surface area contributed by atoms with Crippen LogP contribution in [-0.2, 0) is 7.05 Å². The zero-order valence-electron chi connectivity index (χ0n) is 12.6. The van der Waals surface area contributed by atoms with E-state index in [9.17, 15) is 0 Å². The summed E-state index contributed by atoms with van der Waals surface area (Å²) in [7, 11) is 1.93. The summed E-state index contributed by atoms with van der Waals surface area (Å²) in [5.41, 5.74) is 11.1. The van der Waals surface area contributed by atoms with Gasteiger partial charge in [0.05, 0.1) is 5.69 Å². The minimum Gasteiger partial charge on any atom is -0.383 e. The van der Waals surface area contributed by atoms with E-state index in [2.05, 4.69) is 43.2 Å². The van der Waals surface area contributed by atoms with Crippen molar-refractivity contribution in [1.29, 1.82) is 0 Å². The molecule has 0 bridgehead atoms. The molecule has 1 heterocycles. The summed E-state index contributed by atoms with van der Waals surface area (Å²) in [6.45, 7) is 4.43. The first-order valence-corrected chi connectivity index (χ1v) is 7.50. The van der Waals surface area contributed by atoms with Gasteiger partial charge in [-0.25, -0.2) is 0 Å². The third-order valence-corrected chi connectivity index (χ3v) is 4.48. The van der Waals surface area contributed by atoms with Gasteiger partial charge in [-0.3, -0.25) is 4.68 Å². The third kappa shape index (κ3) is 2.11. The lowest BCUT2D eigenvalue weighted by Gasteiger charge is -2.24. The zero-order chi connectivity index (χ0) is 14.3. The second kappa shape index (κ2) is 4.97. The number of nitrogen functional groups attached to an aromatic ring is 1. The Bertz CT molecular complexity index is 604. The van der Waals surface area contributed by atoms with E-state index in [1.807, 2.05) is 11.7 Å². The lowest BCUT2D eigenvalue weighted by atomic mass is 9.80. The first-order valence-electron chi connectivity index (χ1n) is 7.50. The van der Waals surface area contributed by atoms with Crippen LogP contribution in [0.15, 0.2) is 24.3 Å². The monoisotopic (exact) mass is 269 g/mol. The Kier molecular flexibility index (Phi) is 3.28. The summed E-state index contributed by atoms with van der Waals surface area (Å²) in [5, 5.41) is 4.66. The van der Waals surface area contributed by atoms with Crippen LogP contribution in [0.25, 0.3) is 11.1 Å². The molecular formula is C17H23N3. The molecule has 1 aliphatic carbocycles. The van der Waals surface area contributed by atoms with Gasteiger partial charge in [0.15, 0.2) is 0 Å². The third-order valence-electron chi connectivity index (χ3n) is 4.48. The summed E-state index contributed by atoms with van der Waals surface area (Å²) < 4.78 is 1.82. The van der Waals surface area contributed by atoms with Crippen molar-refractivity contribution < 1.29 is 0 Å². The molecule has 3 nitrogen and oxygen atoms in total. The molecule has 0 unspecified atom stereocenters. The highest BCUT2D eigenvalue weighted by Crippen LogP contribution is 2.42. The molecule has 0 spiro atoms. The number of hydrogen-bond donors (Lipinski definition) is 1. The van der Waals surface area contributed by atoms with Crippen LogP contribution in [0.5, 0.6) is 0 Å². The van der Waals surface area contributed by atoms with Crippen LogP contribution in [0.4, 0.5) is 5.82 Å². The lowest BCUT2D eigenvalue weighted by Crippen LogP contribution is -2.10. The molecule has 20 heavy (non-hydrogen) atoms. The van der Waals surface area contributed by atoms with Crippen LogP contribution < -0.4 is 5.73 Å². The number of anilines is 1. The molecule has 3 rings (SSSR count). The quantitative estimate of drug-likeness (QED) is 0.913. The maximum Gasteiger partial charge on any atom is 0.129 e. The van der Waals surface area contributed by atoms with E-state index >= 15 is 0 Å². The molecule has 0 atom stereocenters. The number of aryl methyl sites for hydroxylation is 1. The topological polar surface area (TPSA) is 43.8 Å². The van der Waals surface area contributed by atoms with E-state index in [1.54, 1.807) is 0 Å². The maximum atomic E-state index is 6.25. The zero-order valence-corrected chi connectivity index (χ0v) is 12.6. The molecule has 0 saturated heterocycles. The summed E-state index contributed by atoms with van der Waals surface area (Å²) in [6, 6.07) is 8.78. The predicted octanol–water partition coefficient (Wildman–Crippen LogP) is 4.06. The second-order valence-corrected chi connectivity index (χ2v) is 6.17. The minimum absolute atomic E-state index is 0.557. The number of benzene rings is 1. The molecule has 1 aromatic carbocycles. The van der Waals surface area contributed by atoms with Gasteiger partial charge in [0.1, 0.15) is 5.82 Å². The molecular weight excluding hydrogens is 246 g/mol. The van der Waals surface area contributed by atoms with Gasteiger partial charge in [-0.15, -0.1) is 0 Å². The largest absolute Gasteiger partial charge is 0.383 e. The van der Waals surface area contributed by atoms with Crippen LogP contribution >= 0.6 is 0 Å². The number of nitrogens with two attached hydrogens (primary N) is 1. The molecule has 1 aromatic heterocycles. The van der Waals surface area contributed by atoms with E-state index in [1.165, 1.54) is 36.1 Å². The Morgan fingerprint density at radius 2 is 1.85 bits per heavy atom. The molecule has 1 saturated carbocycles. The second-order valence-electron chi connectivity index (χ2n) is 6.17. The van der Waals surface area contributed by atoms with Gasteiger partial charge in [-0.2, -0.15) is 5.10 Å². The highest BCUT2D eigenvalue weighted by molar-refractivity contribution is 5.77. The lowest BCUT2D eigenvalue weighted by molar-refractivity contribution is 0.408. The van der Waals surface area contributed by atoms with Gasteiger partial charge < -0.3 is 5.73 Å². The summed E-state index contributed by atoms with van der Waals surface area (Å²) in [4.78, 5) is 0. The van der Waals surface area contributed by atoms with Gasteiger partial charge in [-0.05, 0) is 29.9 Å². The molecule has 106 valence electrons. The van der Waals surface area contributed by atoms with Gasteiger partial charge in [0.2, 0.25) is 0 Å². The first kappa shape index (κ1) is 13.2. The fraction of sp³-hybridized carbons (Fsp3) is 0.471. The number of hydrogen-bond acceptors (Lipinski definition) is 2. The number of aromatic nitrogens is 2. The molecule has 2 aromatic rings. The average Bonchev–Trinajstić information content (AvgIpc) is 2.64. The fourth-order valence-corrected chi connectivity index (χ4v) is 2.86. The van der Waals surface area contributed by atoms with Gasteiger partial charge in [0, 0.05) is 18.5 Å². The Morgan fingerprint density at radius 1 is 1.20 bits per heavy atom. The Balaban J connectivity index is 2.04. The summed E-state index contributed by atoms with van der Waals surface area (Å²) in [5.74, 6) is 1.93. The van der Waals surface area contributed by atoms with Crippen LogP contribution in [0, 0.1) is 0 Å². The van der Waals surface area contributed by atoms with Crippen LogP contribution in [0.1, 0.15) is 56.2 Å². The van der Waals surface area contributed by atoms with E-state index in [-0.39, 0.29) is 0 Å². The van der Waals surface area contributed by atoms with Crippen molar-refractivity contribution in [3.05, 3.63) is 35.5 Å². The first-order chi connectivity index (χ1) is 9.58. The normalized spacial score (nSPS) is 15.6. The average molecular weight is 269 g/mol. The standard InChI is InChI=1S/C17H23N3/c1-11(2)12-7-9-13(10-8-12)15-16(14-5-4-6-14)19-20(3)17(15)18/h7-11,14H,4-6,18H2,1-3H3. The maximum absolute atomic E-state index is 6.25. The van der Waals surface area contributed by atoms with E-state index in [0.29, 0.717) is 11.8 Å². The molecule has 3 heteroatoms. The van der Waals surface area contributed by atoms with Crippen molar-refractivity contribution in [2.75, 3.05) is 5.73 Å². The highest BCUT2D eigenvalue weighted by Gasteiger charge is 2.27. The van der Waals surface area contributed by atoms with Gasteiger partial charge in [0.25, 0.3) is 0 Å². The Labute approximate surface area is 120 Å². The Morgan fingerprint density at radius 3 is 2.35 bits per heavy atom. The summed E-state index contributed by atoms with van der Waals surface area (Å²) in [6.07, 6.45) is 3.80. The number of rotatable bonds is 3. The molecule has 0 radical (unpaired) electrons. The predicted molar refractivity (Wildman–Crippen MR) is 83.7 cm³/mol. The van der Waals surface area contributed by atoms with Crippen molar-refractivity contribution in [3.63, 3.8) is 0 Å². The van der Waals surface area contributed by atoms with Crippen LogP contribution in [0.2, 0.25) is 0 Å². The van der Waals surface area contributed by atoms with E-state index in [4.69, 9.17) is 5.73 Å². The highest BCUT2D eigenvalue weighted by atomic mass is 15.3. The Hall–Kier alpha value is -1.77. The molecule has 1 fully saturated rings. The fourth-order valence-electron chi connectivity index (χ4n) is 2.86. The number of nitrogens with zero attached hydrogens (tertiary/aromatic N) is 2. The van der Waals surface area contributed by atoms with Crippen LogP contribution in [0.3, 0.4) is 0 Å². The van der Waals surface area contributed by atoms with Crippen molar-refractivity contribution in [2.45, 2.75) is 44.9 Å². The van der Waals surface area contributed by atoms with E-state index in [0.717, 1.165) is 11.4 Å². The molecule has 0 aliphatic heterocycles. The smallest absolute Gasteiger partial charge is 0.129 e. The van der Waals surface area contributed by atoms with Crippen molar-refractivity contribution >= 4 is 5.82 Å².